The summed E-state index contributed by atoms with van der Waals surface area (Å²) in [5, 5.41) is 3.72. The van der Waals surface area contributed by atoms with Gasteiger partial charge in [0.1, 0.15) is 5.58 Å². The van der Waals surface area contributed by atoms with Crippen LogP contribution in [-0.2, 0) is 10.0 Å². The second-order valence-corrected chi connectivity index (χ2v) is 9.79. The number of nitrogens with zero attached hydrogens (tertiary/aromatic N) is 1. The van der Waals surface area contributed by atoms with Gasteiger partial charge < -0.3 is 9.73 Å². The Hall–Kier alpha value is -2.64. The first kappa shape index (κ1) is 20.6. The Labute approximate surface area is 176 Å². The number of hydrogen-bond donors (Lipinski definition) is 1. The summed E-state index contributed by atoms with van der Waals surface area (Å²) in [6.07, 6.45) is 3.92. The lowest BCUT2D eigenvalue weighted by atomic mass is 10.1. The summed E-state index contributed by atoms with van der Waals surface area (Å²) in [6.45, 7) is 4.97. The Balaban J connectivity index is 1.52. The molecule has 1 aromatic heterocycles. The molecule has 0 radical (unpaired) electrons. The fourth-order valence-electron chi connectivity index (χ4n) is 3.88. The van der Waals surface area contributed by atoms with Gasteiger partial charge in [0, 0.05) is 29.7 Å². The molecule has 2 heterocycles. The standard InChI is InChI=1S/C23H26N2O4S/c1-16-7-12-21-20(15-16)17(2)22(29-21)23(26)24-18-8-10-19(11-9-18)30(27,28)25-13-5-3-4-6-14-25/h7-12,15H,3-6,13-14H2,1-2H3,(H,24,26). The molecule has 2 aromatic carbocycles. The Kier molecular flexibility index (Phi) is 5.66. The molecule has 1 amide bonds. The van der Waals surface area contributed by atoms with Crippen molar-refractivity contribution in [3.8, 4) is 0 Å². The molecule has 6 nitrogen and oxygen atoms in total. The second kappa shape index (κ2) is 8.24. The van der Waals surface area contributed by atoms with E-state index >= 15 is 0 Å². The lowest BCUT2D eigenvalue weighted by molar-refractivity contribution is 0.0998. The molecule has 1 fully saturated rings. The van der Waals surface area contributed by atoms with Crippen molar-refractivity contribution in [1.29, 1.82) is 0 Å². The van der Waals surface area contributed by atoms with E-state index in [1.165, 1.54) is 0 Å². The van der Waals surface area contributed by atoms with Crippen LogP contribution in [0, 0.1) is 13.8 Å². The molecule has 1 aliphatic rings. The molecule has 4 rings (SSSR count). The minimum Gasteiger partial charge on any atom is -0.451 e. The van der Waals surface area contributed by atoms with Crippen LogP contribution in [0.4, 0.5) is 5.69 Å². The van der Waals surface area contributed by atoms with Crippen LogP contribution in [-0.4, -0.2) is 31.7 Å². The van der Waals surface area contributed by atoms with E-state index in [-0.39, 0.29) is 16.6 Å². The zero-order chi connectivity index (χ0) is 21.3. The quantitative estimate of drug-likeness (QED) is 0.646. The maximum Gasteiger partial charge on any atom is 0.291 e. The van der Waals surface area contributed by atoms with E-state index in [0.717, 1.165) is 42.2 Å². The van der Waals surface area contributed by atoms with Crippen molar-refractivity contribution in [3.05, 3.63) is 59.4 Å². The first-order valence-electron chi connectivity index (χ1n) is 10.3. The third kappa shape index (κ3) is 4.00. The highest BCUT2D eigenvalue weighted by molar-refractivity contribution is 7.89. The highest BCUT2D eigenvalue weighted by Crippen LogP contribution is 2.27. The maximum absolute atomic E-state index is 12.9. The fraction of sp³-hybridized carbons (Fsp3) is 0.348. The first-order valence-corrected chi connectivity index (χ1v) is 11.7. The fourth-order valence-corrected chi connectivity index (χ4v) is 5.40. The van der Waals surface area contributed by atoms with Crippen LogP contribution in [0.5, 0.6) is 0 Å². The van der Waals surface area contributed by atoms with Gasteiger partial charge in [-0.2, -0.15) is 4.31 Å². The normalized spacial score (nSPS) is 15.8. The van der Waals surface area contributed by atoms with Crippen LogP contribution in [0.25, 0.3) is 11.0 Å². The summed E-state index contributed by atoms with van der Waals surface area (Å²) in [4.78, 5) is 13.0. The van der Waals surface area contributed by atoms with E-state index in [1.54, 1.807) is 28.6 Å². The summed E-state index contributed by atoms with van der Waals surface area (Å²) in [5.41, 5.74) is 3.07. The molecule has 1 N–H and O–H groups in total. The van der Waals surface area contributed by atoms with Crippen molar-refractivity contribution in [2.24, 2.45) is 0 Å². The van der Waals surface area contributed by atoms with Crippen LogP contribution in [0.15, 0.2) is 51.8 Å². The van der Waals surface area contributed by atoms with Crippen LogP contribution < -0.4 is 5.32 Å². The first-order chi connectivity index (χ1) is 14.4. The number of carbonyl (C=O) groups excluding carboxylic acids is 1. The third-order valence-corrected chi connectivity index (χ3v) is 7.53. The highest BCUT2D eigenvalue weighted by atomic mass is 32.2. The summed E-state index contributed by atoms with van der Waals surface area (Å²) in [5.74, 6) is -0.0960. The molecule has 158 valence electrons. The number of rotatable bonds is 4. The van der Waals surface area contributed by atoms with E-state index in [1.807, 2.05) is 32.0 Å². The van der Waals surface area contributed by atoms with Gasteiger partial charge in [-0.25, -0.2) is 8.42 Å². The van der Waals surface area contributed by atoms with Gasteiger partial charge in [-0.1, -0.05) is 24.5 Å². The monoisotopic (exact) mass is 426 g/mol. The smallest absolute Gasteiger partial charge is 0.291 e. The molecule has 30 heavy (non-hydrogen) atoms. The van der Waals surface area contributed by atoms with Gasteiger partial charge in [0.05, 0.1) is 4.90 Å². The third-order valence-electron chi connectivity index (χ3n) is 5.61. The number of hydrogen-bond acceptors (Lipinski definition) is 4. The van der Waals surface area contributed by atoms with Gasteiger partial charge in [0.25, 0.3) is 5.91 Å². The van der Waals surface area contributed by atoms with Crippen molar-refractivity contribution in [3.63, 3.8) is 0 Å². The molecular formula is C23H26N2O4S. The average Bonchev–Trinajstić information content (AvgIpc) is 2.89. The number of fused-ring (bicyclic) bond motifs is 1. The number of benzene rings is 2. The lowest BCUT2D eigenvalue weighted by Crippen LogP contribution is -2.31. The van der Waals surface area contributed by atoms with Crippen molar-refractivity contribution in [2.75, 3.05) is 18.4 Å². The van der Waals surface area contributed by atoms with E-state index in [2.05, 4.69) is 5.32 Å². The van der Waals surface area contributed by atoms with Gasteiger partial charge in [-0.3, -0.25) is 4.79 Å². The zero-order valence-corrected chi connectivity index (χ0v) is 18.1. The minimum atomic E-state index is -3.51. The van der Waals surface area contributed by atoms with Crippen LogP contribution >= 0.6 is 0 Å². The Morgan fingerprint density at radius 2 is 1.63 bits per heavy atom. The Morgan fingerprint density at radius 1 is 0.967 bits per heavy atom. The van der Waals surface area contributed by atoms with Crippen LogP contribution in [0.1, 0.15) is 47.4 Å². The molecule has 0 saturated carbocycles. The number of amides is 1. The summed E-state index contributed by atoms with van der Waals surface area (Å²) < 4.78 is 33.1. The molecule has 3 aromatic rings. The van der Waals surface area contributed by atoms with Crippen LogP contribution in [0.2, 0.25) is 0 Å². The van der Waals surface area contributed by atoms with Gasteiger partial charge in [-0.05, 0) is 63.1 Å². The van der Waals surface area contributed by atoms with E-state index < -0.39 is 10.0 Å². The molecule has 0 unspecified atom stereocenters. The second-order valence-electron chi connectivity index (χ2n) is 7.85. The Morgan fingerprint density at radius 3 is 2.30 bits per heavy atom. The van der Waals surface area contributed by atoms with Gasteiger partial charge in [-0.15, -0.1) is 0 Å². The van der Waals surface area contributed by atoms with Gasteiger partial charge in [0.15, 0.2) is 5.76 Å². The lowest BCUT2D eigenvalue weighted by Gasteiger charge is -2.20. The summed E-state index contributed by atoms with van der Waals surface area (Å²) in [6, 6.07) is 12.1. The number of furan rings is 1. The number of carbonyl (C=O) groups is 1. The molecule has 0 bridgehead atoms. The summed E-state index contributed by atoms with van der Waals surface area (Å²) in [7, 11) is -3.51. The SMILES string of the molecule is Cc1ccc2oc(C(=O)Nc3ccc(S(=O)(=O)N4CCCCCC4)cc3)c(C)c2c1. The zero-order valence-electron chi connectivity index (χ0n) is 17.3. The van der Waals surface area contributed by atoms with Gasteiger partial charge >= 0.3 is 0 Å². The number of sulfonamides is 1. The maximum atomic E-state index is 12.9. The van der Waals surface area contributed by atoms with E-state index in [9.17, 15) is 13.2 Å². The molecule has 0 atom stereocenters. The molecule has 7 heteroatoms. The van der Waals surface area contributed by atoms with Crippen molar-refractivity contribution < 1.29 is 17.6 Å². The van der Waals surface area contributed by atoms with Crippen molar-refractivity contribution in [1.82, 2.24) is 4.31 Å². The molecule has 1 saturated heterocycles. The number of nitrogens with one attached hydrogen (secondary N) is 1. The predicted octanol–water partition coefficient (Wildman–Crippen LogP) is 4.87. The van der Waals surface area contributed by atoms with Gasteiger partial charge in [0.2, 0.25) is 10.0 Å². The van der Waals surface area contributed by atoms with E-state index in [0.29, 0.717) is 24.4 Å². The van der Waals surface area contributed by atoms with Crippen molar-refractivity contribution in [2.45, 2.75) is 44.4 Å². The molecule has 0 spiro atoms. The largest absolute Gasteiger partial charge is 0.451 e. The highest BCUT2D eigenvalue weighted by Gasteiger charge is 2.25. The Bertz CT molecular complexity index is 1170. The topological polar surface area (TPSA) is 79.6 Å². The molecule has 1 aliphatic heterocycles. The van der Waals surface area contributed by atoms with Crippen LogP contribution in [0.3, 0.4) is 0 Å². The average molecular weight is 427 g/mol. The minimum absolute atomic E-state index is 0.248. The molecule has 0 aliphatic carbocycles. The van der Waals surface area contributed by atoms with E-state index in [4.69, 9.17) is 4.42 Å². The number of aryl methyl sites for hydroxylation is 2. The predicted molar refractivity (Wildman–Crippen MR) is 117 cm³/mol. The summed E-state index contributed by atoms with van der Waals surface area (Å²) >= 11 is 0. The van der Waals surface area contributed by atoms with Crippen molar-refractivity contribution >= 4 is 32.6 Å². The number of anilines is 1. The molecular weight excluding hydrogens is 400 g/mol.